The first-order valence-corrected chi connectivity index (χ1v) is 12.0. The zero-order chi connectivity index (χ0) is 18.8. The van der Waals surface area contributed by atoms with E-state index in [-0.39, 0.29) is 17.1 Å². The molecule has 0 aromatic carbocycles. The Bertz CT molecular complexity index is 435. The Kier molecular flexibility index (Phi) is 6.56. The number of amides is 1. The van der Waals surface area contributed by atoms with Crippen LogP contribution in [0.4, 0.5) is 4.79 Å². The molecule has 0 aromatic rings. The number of nitrogens with one attached hydrogen (secondary N) is 1. The Balaban J connectivity index is 3.31. The van der Waals surface area contributed by atoms with Gasteiger partial charge in [0.15, 0.2) is 8.32 Å². The van der Waals surface area contributed by atoms with Crippen molar-refractivity contribution in [3.8, 4) is 0 Å². The van der Waals surface area contributed by atoms with Gasteiger partial charge in [0.05, 0.1) is 5.60 Å². The van der Waals surface area contributed by atoms with Gasteiger partial charge in [0.2, 0.25) is 0 Å². The highest BCUT2D eigenvalue weighted by Gasteiger charge is 2.55. The smallest absolute Gasteiger partial charge is 0.404 e. The van der Waals surface area contributed by atoms with Crippen molar-refractivity contribution in [3.05, 3.63) is 0 Å². The average Bonchev–Trinajstić information content (AvgIpc) is 2.41. The molecule has 24 heavy (non-hydrogen) atoms. The molecule has 0 aliphatic carbocycles. The maximum Gasteiger partial charge on any atom is 0.404 e. The molecule has 3 N–H and O–H groups in total. The summed E-state index contributed by atoms with van der Waals surface area (Å²) in [4.78, 5) is 11.4. The van der Waals surface area contributed by atoms with Gasteiger partial charge in [-0.3, -0.25) is 0 Å². The van der Waals surface area contributed by atoms with Crippen LogP contribution in [-0.4, -0.2) is 39.7 Å². The molecular formula is C18H38N2O3Si. The summed E-state index contributed by atoms with van der Waals surface area (Å²) in [6, 6.07) is 0. The van der Waals surface area contributed by atoms with Gasteiger partial charge < -0.3 is 20.2 Å². The SMILES string of the molecule is CC(C)(C)C(COC(N)=O)(O[Si](C)(C)C(C)(C)C)C1CCNCC1. The summed E-state index contributed by atoms with van der Waals surface area (Å²) in [5.41, 5.74) is 4.62. The fraction of sp³-hybridized carbons (Fsp3) is 0.944. The van der Waals surface area contributed by atoms with E-state index in [9.17, 15) is 4.79 Å². The predicted octanol–water partition coefficient (Wildman–Crippen LogP) is 3.89. The molecule has 1 unspecified atom stereocenters. The van der Waals surface area contributed by atoms with Crippen molar-refractivity contribution >= 4 is 14.4 Å². The van der Waals surface area contributed by atoms with Gasteiger partial charge in [-0.2, -0.15) is 0 Å². The first kappa shape index (κ1) is 21.4. The van der Waals surface area contributed by atoms with Gasteiger partial charge in [0, 0.05) is 0 Å². The molecule has 1 atom stereocenters. The number of rotatable bonds is 5. The molecule has 6 heteroatoms. The number of carbonyl (C=O) groups excluding carboxylic acids is 1. The minimum Gasteiger partial charge on any atom is -0.447 e. The van der Waals surface area contributed by atoms with Crippen molar-refractivity contribution < 1.29 is 14.0 Å². The Labute approximate surface area is 149 Å². The Morgan fingerprint density at radius 3 is 2.00 bits per heavy atom. The molecule has 0 saturated carbocycles. The highest BCUT2D eigenvalue weighted by Crippen LogP contribution is 2.49. The van der Waals surface area contributed by atoms with Gasteiger partial charge in [-0.05, 0) is 55.4 Å². The van der Waals surface area contributed by atoms with Crippen LogP contribution in [0.25, 0.3) is 0 Å². The molecule has 1 heterocycles. The van der Waals surface area contributed by atoms with E-state index in [1.807, 2.05) is 0 Å². The number of ether oxygens (including phenoxy) is 1. The lowest BCUT2D eigenvalue weighted by atomic mass is 9.66. The molecule has 0 spiro atoms. The fourth-order valence-electron chi connectivity index (χ4n) is 3.29. The second kappa shape index (κ2) is 7.34. The van der Waals surface area contributed by atoms with Crippen LogP contribution in [-0.2, 0) is 9.16 Å². The number of piperidine rings is 1. The first-order chi connectivity index (χ1) is 10.7. The number of primary amides is 1. The van der Waals surface area contributed by atoms with Crippen LogP contribution >= 0.6 is 0 Å². The van der Waals surface area contributed by atoms with E-state index in [2.05, 4.69) is 60.0 Å². The molecule has 1 amide bonds. The largest absolute Gasteiger partial charge is 0.447 e. The molecule has 0 radical (unpaired) electrons. The van der Waals surface area contributed by atoms with E-state index in [1.54, 1.807) is 0 Å². The fourth-order valence-corrected chi connectivity index (χ4v) is 5.04. The van der Waals surface area contributed by atoms with Crippen LogP contribution in [0.3, 0.4) is 0 Å². The van der Waals surface area contributed by atoms with Crippen LogP contribution in [0.5, 0.6) is 0 Å². The molecule has 5 nitrogen and oxygen atoms in total. The molecule has 1 rings (SSSR count). The van der Waals surface area contributed by atoms with E-state index in [4.69, 9.17) is 14.9 Å². The van der Waals surface area contributed by atoms with Gasteiger partial charge in [-0.25, -0.2) is 4.79 Å². The summed E-state index contributed by atoms with van der Waals surface area (Å²) >= 11 is 0. The number of hydrogen-bond donors (Lipinski definition) is 2. The summed E-state index contributed by atoms with van der Waals surface area (Å²) in [6.07, 6.45) is 1.32. The lowest BCUT2D eigenvalue weighted by Crippen LogP contribution is -2.63. The van der Waals surface area contributed by atoms with Crippen LogP contribution in [0, 0.1) is 11.3 Å². The third-order valence-electron chi connectivity index (χ3n) is 5.94. The molecule has 1 saturated heterocycles. The van der Waals surface area contributed by atoms with E-state index in [1.165, 1.54) is 0 Å². The van der Waals surface area contributed by atoms with E-state index in [0.29, 0.717) is 5.92 Å². The molecule has 0 aromatic heterocycles. The zero-order valence-corrected chi connectivity index (χ0v) is 17.9. The van der Waals surface area contributed by atoms with E-state index in [0.717, 1.165) is 25.9 Å². The van der Waals surface area contributed by atoms with Crippen LogP contribution in [0.1, 0.15) is 54.4 Å². The number of hydrogen-bond acceptors (Lipinski definition) is 4. The number of nitrogens with two attached hydrogens (primary N) is 1. The molecular weight excluding hydrogens is 320 g/mol. The number of carbonyl (C=O) groups is 1. The van der Waals surface area contributed by atoms with Gasteiger partial charge in [0.1, 0.15) is 6.61 Å². The van der Waals surface area contributed by atoms with Gasteiger partial charge in [-0.1, -0.05) is 41.5 Å². The first-order valence-electron chi connectivity index (χ1n) is 9.06. The Morgan fingerprint density at radius 2 is 1.62 bits per heavy atom. The van der Waals surface area contributed by atoms with Crippen molar-refractivity contribution in [1.29, 1.82) is 0 Å². The second-order valence-electron chi connectivity index (χ2n) is 9.63. The van der Waals surface area contributed by atoms with Crippen molar-refractivity contribution in [3.63, 3.8) is 0 Å². The van der Waals surface area contributed by atoms with E-state index < -0.39 is 20.0 Å². The minimum absolute atomic E-state index is 0.0864. The summed E-state index contributed by atoms with van der Waals surface area (Å²) in [6.45, 7) is 20.0. The summed E-state index contributed by atoms with van der Waals surface area (Å²) in [5, 5.41) is 3.51. The molecule has 1 aliphatic rings. The maximum atomic E-state index is 11.4. The highest BCUT2D eigenvalue weighted by atomic mass is 28.4. The second-order valence-corrected chi connectivity index (χ2v) is 14.4. The monoisotopic (exact) mass is 358 g/mol. The maximum absolute atomic E-state index is 11.4. The van der Waals surface area contributed by atoms with Crippen molar-refractivity contribution in [2.24, 2.45) is 17.1 Å². The van der Waals surface area contributed by atoms with Gasteiger partial charge in [-0.15, -0.1) is 0 Å². The molecule has 142 valence electrons. The van der Waals surface area contributed by atoms with E-state index >= 15 is 0 Å². The van der Waals surface area contributed by atoms with Crippen LogP contribution in [0.2, 0.25) is 18.1 Å². The lowest BCUT2D eigenvalue weighted by Gasteiger charge is -2.55. The lowest BCUT2D eigenvalue weighted by molar-refractivity contribution is -0.130. The standard InChI is InChI=1S/C18H38N2O3Si/c1-16(2,3)18(13-22-15(19)21,14-9-11-20-12-10-14)23-24(7,8)17(4,5)6/h14,20H,9-13H2,1-8H3,(H2,19,21). The Morgan fingerprint density at radius 1 is 1.12 bits per heavy atom. The van der Waals surface area contributed by atoms with Crippen molar-refractivity contribution in [1.82, 2.24) is 5.32 Å². The van der Waals surface area contributed by atoms with Gasteiger partial charge in [0.25, 0.3) is 0 Å². The summed E-state index contributed by atoms with van der Waals surface area (Å²) < 4.78 is 12.4. The third-order valence-corrected chi connectivity index (χ3v) is 10.4. The third kappa shape index (κ3) is 4.73. The molecule has 1 aliphatic heterocycles. The summed E-state index contributed by atoms with van der Waals surface area (Å²) in [7, 11) is -2.06. The van der Waals surface area contributed by atoms with Crippen molar-refractivity contribution in [2.75, 3.05) is 19.7 Å². The minimum atomic E-state index is -2.06. The average molecular weight is 359 g/mol. The van der Waals surface area contributed by atoms with Crippen LogP contribution in [0.15, 0.2) is 0 Å². The highest BCUT2D eigenvalue weighted by molar-refractivity contribution is 6.74. The van der Waals surface area contributed by atoms with Crippen LogP contribution < -0.4 is 11.1 Å². The topological polar surface area (TPSA) is 73.6 Å². The van der Waals surface area contributed by atoms with Crippen molar-refractivity contribution in [2.45, 2.75) is 78.1 Å². The predicted molar refractivity (Wildman–Crippen MR) is 102 cm³/mol. The quantitative estimate of drug-likeness (QED) is 0.731. The summed E-state index contributed by atoms with van der Waals surface area (Å²) in [5.74, 6) is 0.340. The van der Waals surface area contributed by atoms with Gasteiger partial charge >= 0.3 is 6.09 Å². The molecule has 0 bridgehead atoms. The Hall–Kier alpha value is -0.593. The normalized spacial score (nSPS) is 20.5. The zero-order valence-electron chi connectivity index (χ0n) is 16.9. The molecule has 1 fully saturated rings.